The first-order valence-corrected chi connectivity index (χ1v) is 4.50. The molecule has 0 unspecified atom stereocenters. The van der Waals surface area contributed by atoms with Gasteiger partial charge >= 0.3 is 0 Å². The van der Waals surface area contributed by atoms with Gasteiger partial charge in [0, 0.05) is 21.9 Å². The molecule has 1 amide bonds. The first-order valence-electron chi connectivity index (χ1n) is 3.42. The summed E-state index contributed by atoms with van der Waals surface area (Å²) in [5.41, 5.74) is 6.85. The van der Waals surface area contributed by atoms with E-state index in [4.69, 9.17) is 5.73 Å². The monoisotopic (exact) mass is 276 g/mol. The van der Waals surface area contributed by atoms with Crippen LogP contribution < -0.4 is 11.1 Å². The van der Waals surface area contributed by atoms with E-state index >= 15 is 0 Å². The van der Waals surface area contributed by atoms with Crippen LogP contribution in [-0.2, 0) is 0 Å². The van der Waals surface area contributed by atoms with Crippen molar-refractivity contribution in [2.75, 3.05) is 12.8 Å². The van der Waals surface area contributed by atoms with E-state index < -0.39 is 0 Å². The van der Waals surface area contributed by atoms with Crippen molar-refractivity contribution in [3.8, 4) is 0 Å². The van der Waals surface area contributed by atoms with E-state index in [1.807, 2.05) is 6.07 Å². The number of carbonyl (C=O) groups excluding carboxylic acids is 1. The number of rotatable bonds is 1. The van der Waals surface area contributed by atoms with Gasteiger partial charge in [0.25, 0.3) is 5.91 Å². The summed E-state index contributed by atoms with van der Waals surface area (Å²) < 4.78 is 0.959. The van der Waals surface area contributed by atoms with Crippen LogP contribution in [-0.4, -0.2) is 13.0 Å². The van der Waals surface area contributed by atoms with E-state index in [1.165, 1.54) is 0 Å². The highest BCUT2D eigenvalue weighted by Gasteiger charge is 2.03. The lowest BCUT2D eigenvalue weighted by Gasteiger charge is -2.02. The molecule has 0 spiro atoms. The van der Waals surface area contributed by atoms with E-state index in [2.05, 4.69) is 27.9 Å². The summed E-state index contributed by atoms with van der Waals surface area (Å²) in [5, 5.41) is 2.53. The zero-order chi connectivity index (χ0) is 9.14. The van der Waals surface area contributed by atoms with Gasteiger partial charge in [-0.1, -0.05) is 0 Å². The Bertz CT molecular complexity index is 312. The second-order valence-electron chi connectivity index (χ2n) is 2.32. The quantitative estimate of drug-likeness (QED) is 0.599. The predicted molar refractivity (Wildman–Crippen MR) is 57.0 cm³/mol. The molecule has 0 atom stereocenters. The second kappa shape index (κ2) is 3.75. The Morgan fingerprint density at radius 3 is 2.75 bits per heavy atom. The van der Waals surface area contributed by atoms with Crippen molar-refractivity contribution < 1.29 is 4.79 Å². The summed E-state index contributed by atoms with van der Waals surface area (Å²) in [6.07, 6.45) is 0. The average Bonchev–Trinajstić information content (AvgIpc) is 2.08. The minimum atomic E-state index is -0.113. The Labute approximate surface area is 84.5 Å². The summed E-state index contributed by atoms with van der Waals surface area (Å²) in [6.45, 7) is 0. The molecule has 0 aliphatic carbocycles. The van der Waals surface area contributed by atoms with Gasteiger partial charge in [-0.2, -0.15) is 0 Å². The molecular formula is C8H9IN2O. The van der Waals surface area contributed by atoms with Crippen LogP contribution in [0.2, 0.25) is 0 Å². The Balaban J connectivity index is 3.05. The summed E-state index contributed by atoms with van der Waals surface area (Å²) in [5.74, 6) is -0.113. The third kappa shape index (κ3) is 1.88. The van der Waals surface area contributed by atoms with E-state index in [9.17, 15) is 4.79 Å². The molecule has 3 N–H and O–H groups in total. The Morgan fingerprint density at radius 1 is 1.58 bits per heavy atom. The number of hydrogen-bond acceptors (Lipinski definition) is 2. The maximum Gasteiger partial charge on any atom is 0.251 e. The van der Waals surface area contributed by atoms with Crippen LogP contribution >= 0.6 is 22.6 Å². The van der Waals surface area contributed by atoms with Crippen molar-refractivity contribution in [3.05, 3.63) is 27.3 Å². The highest BCUT2D eigenvalue weighted by molar-refractivity contribution is 14.1. The number of anilines is 1. The minimum absolute atomic E-state index is 0.113. The normalized spacial score (nSPS) is 9.50. The largest absolute Gasteiger partial charge is 0.398 e. The molecule has 12 heavy (non-hydrogen) atoms. The summed E-state index contributed by atoms with van der Waals surface area (Å²) in [6, 6.07) is 5.23. The van der Waals surface area contributed by atoms with Gasteiger partial charge in [0.05, 0.1) is 0 Å². The lowest BCUT2D eigenvalue weighted by Crippen LogP contribution is -2.17. The fraction of sp³-hybridized carbons (Fsp3) is 0.125. The smallest absolute Gasteiger partial charge is 0.251 e. The SMILES string of the molecule is CNC(=O)c1ccc(I)c(N)c1. The molecule has 0 aliphatic rings. The average molecular weight is 276 g/mol. The molecule has 1 aromatic carbocycles. The van der Waals surface area contributed by atoms with Gasteiger partial charge in [-0.05, 0) is 40.8 Å². The van der Waals surface area contributed by atoms with Crippen LogP contribution in [0, 0.1) is 3.57 Å². The van der Waals surface area contributed by atoms with Gasteiger partial charge in [0.1, 0.15) is 0 Å². The Morgan fingerprint density at radius 2 is 2.25 bits per heavy atom. The predicted octanol–water partition coefficient (Wildman–Crippen LogP) is 1.23. The fourth-order valence-corrected chi connectivity index (χ4v) is 1.16. The zero-order valence-corrected chi connectivity index (χ0v) is 8.75. The van der Waals surface area contributed by atoms with Crippen LogP contribution in [0.4, 0.5) is 5.69 Å². The van der Waals surface area contributed by atoms with Gasteiger partial charge in [0.2, 0.25) is 0 Å². The highest BCUT2D eigenvalue weighted by Crippen LogP contribution is 2.15. The number of carbonyl (C=O) groups is 1. The third-order valence-corrected chi connectivity index (χ3v) is 2.47. The van der Waals surface area contributed by atoms with E-state index in [1.54, 1.807) is 19.2 Å². The van der Waals surface area contributed by atoms with Crippen molar-refractivity contribution in [2.24, 2.45) is 0 Å². The molecule has 0 bridgehead atoms. The first-order chi connectivity index (χ1) is 5.65. The molecule has 3 nitrogen and oxygen atoms in total. The van der Waals surface area contributed by atoms with Gasteiger partial charge in [-0.25, -0.2) is 0 Å². The fourth-order valence-electron chi connectivity index (χ4n) is 0.829. The van der Waals surface area contributed by atoms with E-state index in [0.29, 0.717) is 11.3 Å². The molecule has 0 fully saturated rings. The summed E-state index contributed by atoms with van der Waals surface area (Å²) in [4.78, 5) is 11.1. The molecule has 64 valence electrons. The van der Waals surface area contributed by atoms with Gasteiger partial charge in [-0.15, -0.1) is 0 Å². The standard InChI is InChI=1S/C8H9IN2O/c1-11-8(12)5-2-3-6(9)7(10)4-5/h2-4H,10H2,1H3,(H,11,12). The molecule has 0 heterocycles. The molecule has 1 rings (SSSR count). The number of amides is 1. The summed E-state index contributed by atoms with van der Waals surface area (Å²) >= 11 is 2.12. The highest BCUT2D eigenvalue weighted by atomic mass is 127. The van der Waals surface area contributed by atoms with Crippen LogP contribution in [0.1, 0.15) is 10.4 Å². The molecule has 1 aromatic rings. The molecule has 0 aromatic heterocycles. The number of nitrogens with one attached hydrogen (secondary N) is 1. The molecule has 0 saturated carbocycles. The number of hydrogen-bond donors (Lipinski definition) is 2. The van der Waals surface area contributed by atoms with Crippen LogP contribution in [0.25, 0.3) is 0 Å². The topological polar surface area (TPSA) is 55.1 Å². The maximum absolute atomic E-state index is 11.1. The van der Waals surface area contributed by atoms with E-state index in [-0.39, 0.29) is 5.91 Å². The second-order valence-corrected chi connectivity index (χ2v) is 3.48. The number of halogens is 1. The number of benzene rings is 1. The lowest BCUT2D eigenvalue weighted by molar-refractivity contribution is 0.0963. The van der Waals surface area contributed by atoms with Gasteiger partial charge in [0.15, 0.2) is 0 Å². The lowest BCUT2D eigenvalue weighted by atomic mass is 10.2. The third-order valence-electron chi connectivity index (χ3n) is 1.49. The minimum Gasteiger partial charge on any atom is -0.398 e. The number of nitrogens with two attached hydrogens (primary N) is 1. The Hall–Kier alpha value is -0.780. The van der Waals surface area contributed by atoms with Crippen molar-refractivity contribution in [3.63, 3.8) is 0 Å². The molecule has 4 heteroatoms. The Kier molecular flexibility index (Phi) is 2.91. The van der Waals surface area contributed by atoms with Crippen molar-refractivity contribution >= 4 is 34.2 Å². The maximum atomic E-state index is 11.1. The molecular weight excluding hydrogens is 267 g/mol. The molecule has 0 aliphatic heterocycles. The van der Waals surface area contributed by atoms with Crippen molar-refractivity contribution in [1.29, 1.82) is 0 Å². The van der Waals surface area contributed by atoms with Crippen LogP contribution in [0.3, 0.4) is 0 Å². The van der Waals surface area contributed by atoms with Crippen molar-refractivity contribution in [2.45, 2.75) is 0 Å². The van der Waals surface area contributed by atoms with Crippen molar-refractivity contribution in [1.82, 2.24) is 5.32 Å². The van der Waals surface area contributed by atoms with Gasteiger partial charge in [-0.3, -0.25) is 4.79 Å². The van der Waals surface area contributed by atoms with Crippen LogP contribution in [0.15, 0.2) is 18.2 Å². The van der Waals surface area contributed by atoms with E-state index in [0.717, 1.165) is 3.57 Å². The van der Waals surface area contributed by atoms with Gasteiger partial charge < -0.3 is 11.1 Å². The summed E-state index contributed by atoms with van der Waals surface area (Å²) in [7, 11) is 1.59. The molecule has 0 saturated heterocycles. The first kappa shape index (κ1) is 9.31. The number of nitrogen functional groups attached to an aromatic ring is 1. The zero-order valence-electron chi connectivity index (χ0n) is 6.60. The van der Waals surface area contributed by atoms with Crippen LogP contribution in [0.5, 0.6) is 0 Å². The molecule has 0 radical (unpaired) electrons.